The van der Waals surface area contributed by atoms with Crippen LogP contribution in [0, 0.1) is 0 Å². The SMILES string of the molecule is CN1Cc2cc(N3CCOCC3)ccc2C(c2cc3ccccc3o2)C1. The van der Waals surface area contributed by atoms with Gasteiger partial charge in [-0.05, 0) is 42.4 Å². The summed E-state index contributed by atoms with van der Waals surface area (Å²) in [5.74, 6) is 1.35. The van der Waals surface area contributed by atoms with Crippen molar-refractivity contribution >= 4 is 16.7 Å². The predicted molar refractivity (Wildman–Crippen MR) is 104 cm³/mol. The van der Waals surface area contributed by atoms with Gasteiger partial charge in [0.2, 0.25) is 0 Å². The number of fused-ring (bicyclic) bond motifs is 2. The van der Waals surface area contributed by atoms with Crippen molar-refractivity contribution in [3.8, 4) is 0 Å². The van der Waals surface area contributed by atoms with Gasteiger partial charge in [-0.25, -0.2) is 0 Å². The fourth-order valence-electron chi connectivity index (χ4n) is 4.27. The van der Waals surface area contributed by atoms with E-state index < -0.39 is 0 Å². The first-order valence-electron chi connectivity index (χ1n) is 9.40. The Hall–Kier alpha value is -2.30. The molecule has 3 heterocycles. The fraction of sp³-hybridized carbons (Fsp3) is 0.364. The Labute approximate surface area is 154 Å². The molecule has 1 saturated heterocycles. The molecule has 4 heteroatoms. The predicted octanol–water partition coefficient (Wildman–Crippen LogP) is 3.85. The molecule has 2 aromatic carbocycles. The summed E-state index contributed by atoms with van der Waals surface area (Å²) in [6.45, 7) is 5.56. The van der Waals surface area contributed by atoms with E-state index in [-0.39, 0.29) is 5.92 Å². The summed E-state index contributed by atoms with van der Waals surface area (Å²) < 4.78 is 11.7. The molecule has 0 N–H and O–H groups in total. The maximum atomic E-state index is 6.21. The number of benzene rings is 2. The molecule has 1 unspecified atom stereocenters. The number of anilines is 1. The number of hydrogen-bond donors (Lipinski definition) is 0. The third-order valence-corrected chi connectivity index (χ3v) is 5.60. The van der Waals surface area contributed by atoms with Gasteiger partial charge in [0.15, 0.2) is 0 Å². The molecule has 0 bridgehead atoms. The zero-order chi connectivity index (χ0) is 17.5. The van der Waals surface area contributed by atoms with Gasteiger partial charge in [0.05, 0.1) is 19.1 Å². The lowest BCUT2D eigenvalue weighted by Crippen LogP contribution is -2.36. The van der Waals surface area contributed by atoms with Crippen LogP contribution in [0.15, 0.2) is 52.9 Å². The van der Waals surface area contributed by atoms with Gasteiger partial charge in [0.25, 0.3) is 0 Å². The minimum absolute atomic E-state index is 0.287. The van der Waals surface area contributed by atoms with E-state index >= 15 is 0 Å². The Kier molecular flexibility index (Phi) is 3.95. The second-order valence-corrected chi connectivity index (χ2v) is 7.42. The molecule has 3 aromatic rings. The highest BCUT2D eigenvalue weighted by molar-refractivity contribution is 5.78. The van der Waals surface area contributed by atoms with Crippen molar-refractivity contribution in [3.63, 3.8) is 0 Å². The van der Waals surface area contributed by atoms with Crippen molar-refractivity contribution in [1.82, 2.24) is 4.90 Å². The minimum atomic E-state index is 0.287. The quantitative estimate of drug-likeness (QED) is 0.703. The average Bonchev–Trinajstić information content (AvgIpc) is 3.11. The van der Waals surface area contributed by atoms with E-state index in [0.717, 1.165) is 50.7 Å². The molecule has 1 fully saturated rings. The number of rotatable bonds is 2. The Bertz CT molecular complexity index is 894. The van der Waals surface area contributed by atoms with E-state index in [0.29, 0.717) is 0 Å². The van der Waals surface area contributed by atoms with Gasteiger partial charge in [-0.15, -0.1) is 0 Å². The molecule has 0 amide bonds. The highest BCUT2D eigenvalue weighted by Crippen LogP contribution is 2.37. The molecule has 26 heavy (non-hydrogen) atoms. The summed E-state index contributed by atoms with van der Waals surface area (Å²) in [5, 5.41) is 1.18. The molecule has 0 aliphatic carbocycles. The third-order valence-electron chi connectivity index (χ3n) is 5.60. The first-order chi connectivity index (χ1) is 12.8. The second kappa shape index (κ2) is 6.45. The number of furan rings is 1. The lowest BCUT2D eigenvalue weighted by atomic mass is 9.87. The van der Waals surface area contributed by atoms with Crippen molar-refractivity contribution in [1.29, 1.82) is 0 Å². The molecule has 4 nitrogen and oxygen atoms in total. The van der Waals surface area contributed by atoms with E-state index in [4.69, 9.17) is 9.15 Å². The number of para-hydroxylation sites is 1. The number of hydrogen-bond acceptors (Lipinski definition) is 4. The van der Waals surface area contributed by atoms with Gasteiger partial charge in [-0.2, -0.15) is 0 Å². The Morgan fingerprint density at radius 1 is 1.00 bits per heavy atom. The average molecular weight is 348 g/mol. The molecule has 1 aromatic heterocycles. The maximum absolute atomic E-state index is 6.21. The lowest BCUT2D eigenvalue weighted by molar-refractivity contribution is 0.122. The Morgan fingerprint density at radius 3 is 2.69 bits per heavy atom. The highest BCUT2D eigenvalue weighted by atomic mass is 16.5. The van der Waals surface area contributed by atoms with Crippen LogP contribution in [0.2, 0.25) is 0 Å². The van der Waals surface area contributed by atoms with E-state index in [1.165, 1.54) is 22.2 Å². The third kappa shape index (κ3) is 2.79. The molecule has 0 saturated carbocycles. The molecule has 2 aliphatic heterocycles. The Balaban J connectivity index is 1.53. The molecule has 0 spiro atoms. The van der Waals surface area contributed by atoms with Gasteiger partial charge in [-0.1, -0.05) is 24.3 Å². The zero-order valence-electron chi connectivity index (χ0n) is 15.1. The van der Waals surface area contributed by atoms with Crippen LogP contribution < -0.4 is 4.90 Å². The van der Waals surface area contributed by atoms with E-state index in [1.807, 2.05) is 12.1 Å². The van der Waals surface area contributed by atoms with Crippen molar-refractivity contribution in [2.24, 2.45) is 0 Å². The van der Waals surface area contributed by atoms with Gasteiger partial charge < -0.3 is 19.0 Å². The largest absolute Gasteiger partial charge is 0.460 e. The van der Waals surface area contributed by atoms with Gasteiger partial charge in [0, 0.05) is 37.3 Å². The second-order valence-electron chi connectivity index (χ2n) is 7.42. The van der Waals surface area contributed by atoms with E-state index in [9.17, 15) is 0 Å². The minimum Gasteiger partial charge on any atom is -0.460 e. The zero-order valence-corrected chi connectivity index (χ0v) is 15.1. The van der Waals surface area contributed by atoms with Crippen LogP contribution in [0.5, 0.6) is 0 Å². The van der Waals surface area contributed by atoms with Crippen LogP contribution in [-0.2, 0) is 11.3 Å². The molecule has 2 aliphatic rings. The monoisotopic (exact) mass is 348 g/mol. The van der Waals surface area contributed by atoms with Crippen molar-refractivity contribution in [2.75, 3.05) is 44.8 Å². The number of morpholine rings is 1. The van der Waals surface area contributed by atoms with Crippen molar-refractivity contribution < 1.29 is 9.15 Å². The molecular formula is C22H24N2O2. The molecular weight excluding hydrogens is 324 g/mol. The van der Waals surface area contributed by atoms with Crippen LogP contribution >= 0.6 is 0 Å². The number of ether oxygens (including phenoxy) is 1. The topological polar surface area (TPSA) is 28.9 Å². The smallest absolute Gasteiger partial charge is 0.134 e. The molecule has 134 valence electrons. The number of nitrogens with zero attached hydrogens (tertiary/aromatic N) is 2. The summed E-state index contributed by atoms with van der Waals surface area (Å²) in [6, 6.07) is 17.4. The number of likely N-dealkylation sites (N-methyl/N-ethyl adjacent to an activating group) is 1. The highest BCUT2D eigenvalue weighted by Gasteiger charge is 2.28. The molecule has 1 atom stereocenters. The van der Waals surface area contributed by atoms with Crippen LogP contribution in [0.4, 0.5) is 5.69 Å². The first-order valence-corrected chi connectivity index (χ1v) is 9.40. The summed E-state index contributed by atoms with van der Waals surface area (Å²) in [7, 11) is 2.19. The van der Waals surface area contributed by atoms with Crippen LogP contribution in [0.1, 0.15) is 22.8 Å². The van der Waals surface area contributed by atoms with Gasteiger partial charge in [0.1, 0.15) is 11.3 Å². The summed E-state index contributed by atoms with van der Waals surface area (Å²) in [6.07, 6.45) is 0. The fourth-order valence-corrected chi connectivity index (χ4v) is 4.27. The Morgan fingerprint density at radius 2 is 1.85 bits per heavy atom. The van der Waals surface area contributed by atoms with E-state index in [1.54, 1.807) is 0 Å². The maximum Gasteiger partial charge on any atom is 0.134 e. The normalized spacial score (nSPS) is 21.1. The van der Waals surface area contributed by atoms with Crippen LogP contribution in [0.3, 0.4) is 0 Å². The molecule has 5 rings (SSSR count). The summed E-state index contributed by atoms with van der Waals surface area (Å²) in [5.41, 5.74) is 5.10. The van der Waals surface area contributed by atoms with Crippen molar-refractivity contribution in [3.05, 3.63) is 65.4 Å². The standard InChI is InChI=1S/C22H24N2O2/c1-23-14-17-12-18(24-8-10-25-11-9-24)6-7-19(17)20(15-23)22-13-16-4-2-3-5-21(16)26-22/h2-7,12-13,20H,8-11,14-15H2,1H3. The van der Waals surface area contributed by atoms with Crippen LogP contribution in [-0.4, -0.2) is 44.8 Å². The molecule has 0 radical (unpaired) electrons. The van der Waals surface area contributed by atoms with Crippen LogP contribution in [0.25, 0.3) is 11.0 Å². The van der Waals surface area contributed by atoms with Gasteiger partial charge >= 0.3 is 0 Å². The van der Waals surface area contributed by atoms with Crippen molar-refractivity contribution in [2.45, 2.75) is 12.5 Å². The van der Waals surface area contributed by atoms with Gasteiger partial charge in [-0.3, -0.25) is 0 Å². The first kappa shape index (κ1) is 15.9. The van der Waals surface area contributed by atoms with E-state index in [2.05, 4.69) is 53.2 Å². The lowest BCUT2D eigenvalue weighted by Gasteiger charge is -2.34. The summed E-state index contributed by atoms with van der Waals surface area (Å²) >= 11 is 0. The summed E-state index contributed by atoms with van der Waals surface area (Å²) in [4.78, 5) is 4.82.